The smallest absolute Gasteiger partial charge is 0.0702 e. The number of nitrogens with zero attached hydrogens (tertiary/aromatic N) is 3. The largest absolute Gasteiger partial charge is 0.315 e. The molecule has 23 heavy (non-hydrogen) atoms. The fraction of sp³-hybridized carbons (Fsp3) is 0.500. The van der Waals surface area contributed by atoms with Crippen LogP contribution in [-0.4, -0.2) is 60.1 Å². The predicted molar refractivity (Wildman–Crippen MR) is 97.1 cm³/mol. The molecule has 2 aromatic rings. The van der Waals surface area contributed by atoms with Crippen molar-refractivity contribution in [1.82, 2.24) is 20.1 Å². The molecule has 0 spiro atoms. The van der Waals surface area contributed by atoms with Crippen LogP contribution in [0.25, 0.3) is 10.9 Å². The van der Waals surface area contributed by atoms with E-state index in [4.69, 9.17) is 0 Å². The van der Waals surface area contributed by atoms with Gasteiger partial charge in [-0.3, -0.25) is 14.8 Å². The van der Waals surface area contributed by atoms with Crippen LogP contribution in [0, 0.1) is 0 Å². The zero-order chi connectivity index (χ0) is 14.8. The van der Waals surface area contributed by atoms with Gasteiger partial charge in [0.2, 0.25) is 0 Å². The Bertz CT molecular complexity index is 634. The molecule has 0 aliphatic carbocycles. The minimum Gasteiger partial charge on any atom is -0.315 e. The highest BCUT2D eigenvalue weighted by Gasteiger charge is 2.25. The first-order valence-corrected chi connectivity index (χ1v) is 8.39. The van der Waals surface area contributed by atoms with Crippen LogP contribution in [-0.2, 0) is 6.54 Å². The SMILES string of the molecule is Cl.c1cnc2ccc(CN3CCN(C4CCNC4)CC3)cc2c1. The maximum Gasteiger partial charge on any atom is 0.0702 e. The van der Waals surface area contributed by atoms with E-state index in [1.165, 1.54) is 56.6 Å². The minimum absolute atomic E-state index is 0. The Morgan fingerprint density at radius 1 is 1.13 bits per heavy atom. The van der Waals surface area contributed by atoms with E-state index in [2.05, 4.69) is 44.4 Å². The van der Waals surface area contributed by atoms with Crippen molar-refractivity contribution in [1.29, 1.82) is 0 Å². The molecule has 1 aromatic heterocycles. The number of fused-ring (bicyclic) bond motifs is 1. The normalized spacial score (nSPS) is 23.0. The lowest BCUT2D eigenvalue weighted by atomic mass is 10.1. The third-order valence-corrected chi connectivity index (χ3v) is 5.03. The molecule has 0 amide bonds. The molecular formula is C18H25ClN4. The Balaban J connectivity index is 0.00000156. The van der Waals surface area contributed by atoms with Gasteiger partial charge in [0.05, 0.1) is 5.52 Å². The molecule has 2 fully saturated rings. The fourth-order valence-electron chi connectivity index (χ4n) is 3.72. The number of nitrogens with one attached hydrogen (secondary N) is 1. The molecule has 2 saturated heterocycles. The van der Waals surface area contributed by atoms with Crippen LogP contribution in [0.1, 0.15) is 12.0 Å². The first-order valence-electron chi connectivity index (χ1n) is 8.39. The lowest BCUT2D eigenvalue weighted by Crippen LogP contribution is -2.50. The van der Waals surface area contributed by atoms with Crippen molar-refractivity contribution < 1.29 is 0 Å². The Hall–Kier alpha value is -1.20. The predicted octanol–water partition coefficient (Wildman–Crippen LogP) is 2.14. The second-order valence-electron chi connectivity index (χ2n) is 6.49. The Morgan fingerprint density at radius 3 is 2.78 bits per heavy atom. The highest BCUT2D eigenvalue weighted by molar-refractivity contribution is 5.85. The number of pyridine rings is 1. The molecule has 0 saturated carbocycles. The van der Waals surface area contributed by atoms with Gasteiger partial charge in [0.15, 0.2) is 0 Å². The maximum absolute atomic E-state index is 4.40. The number of rotatable bonds is 3. The van der Waals surface area contributed by atoms with Crippen molar-refractivity contribution in [3.05, 3.63) is 42.1 Å². The van der Waals surface area contributed by atoms with E-state index in [0.29, 0.717) is 0 Å². The van der Waals surface area contributed by atoms with Crippen LogP contribution in [0.5, 0.6) is 0 Å². The molecule has 1 unspecified atom stereocenters. The summed E-state index contributed by atoms with van der Waals surface area (Å²) in [6, 6.07) is 11.6. The second-order valence-corrected chi connectivity index (χ2v) is 6.49. The average molecular weight is 333 g/mol. The van der Waals surface area contributed by atoms with Gasteiger partial charge < -0.3 is 5.32 Å². The van der Waals surface area contributed by atoms with Gasteiger partial charge in [-0.1, -0.05) is 12.1 Å². The monoisotopic (exact) mass is 332 g/mol. The number of benzene rings is 1. The van der Waals surface area contributed by atoms with Crippen LogP contribution in [0.2, 0.25) is 0 Å². The Kier molecular flexibility index (Phi) is 5.49. The number of halogens is 1. The summed E-state index contributed by atoms with van der Waals surface area (Å²) in [6.07, 6.45) is 3.18. The molecule has 3 heterocycles. The molecule has 4 rings (SSSR count). The van der Waals surface area contributed by atoms with Crippen molar-refractivity contribution in [3.8, 4) is 0 Å². The van der Waals surface area contributed by atoms with E-state index < -0.39 is 0 Å². The van der Waals surface area contributed by atoms with Gasteiger partial charge in [-0.05, 0) is 36.7 Å². The second kappa shape index (κ2) is 7.58. The summed E-state index contributed by atoms with van der Waals surface area (Å²) in [7, 11) is 0. The van der Waals surface area contributed by atoms with Crippen molar-refractivity contribution in [3.63, 3.8) is 0 Å². The van der Waals surface area contributed by atoms with Crippen LogP contribution >= 0.6 is 12.4 Å². The van der Waals surface area contributed by atoms with Gasteiger partial charge in [0.1, 0.15) is 0 Å². The van der Waals surface area contributed by atoms with E-state index in [-0.39, 0.29) is 12.4 Å². The lowest BCUT2D eigenvalue weighted by Gasteiger charge is -2.37. The number of hydrogen-bond donors (Lipinski definition) is 1. The fourth-order valence-corrected chi connectivity index (χ4v) is 3.72. The highest BCUT2D eigenvalue weighted by Crippen LogP contribution is 2.17. The Labute approximate surface area is 144 Å². The summed E-state index contributed by atoms with van der Waals surface area (Å²) in [5, 5.41) is 4.72. The number of aromatic nitrogens is 1. The molecular weight excluding hydrogens is 308 g/mol. The van der Waals surface area contributed by atoms with Gasteiger partial charge in [-0.25, -0.2) is 0 Å². The van der Waals surface area contributed by atoms with E-state index >= 15 is 0 Å². The van der Waals surface area contributed by atoms with Gasteiger partial charge in [0.25, 0.3) is 0 Å². The molecule has 1 atom stereocenters. The van der Waals surface area contributed by atoms with Crippen LogP contribution < -0.4 is 5.32 Å². The van der Waals surface area contributed by atoms with Crippen LogP contribution in [0.15, 0.2) is 36.5 Å². The molecule has 2 aliphatic rings. The zero-order valence-electron chi connectivity index (χ0n) is 13.4. The van der Waals surface area contributed by atoms with Crippen molar-refractivity contribution >= 4 is 23.3 Å². The van der Waals surface area contributed by atoms with Crippen molar-refractivity contribution in [2.75, 3.05) is 39.3 Å². The van der Waals surface area contributed by atoms with E-state index in [9.17, 15) is 0 Å². The topological polar surface area (TPSA) is 31.4 Å². The molecule has 0 radical (unpaired) electrons. The zero-order valence-corrected chi connectivity index (χ0v) is 14.3. The first kappa shape index (κ1) is 16.7. The summed E-state index contributed by atoms with van der Waals surface area (Å²) >= 11 is 0. The molecule has 1 N–H and O–H groups in total. The maximum atomic E-state index is 4.40. The third-order valence-electron chi connectivity index (χ3n) is 5.03. The molecule has 4 nitrogen and oxygen atoms in total. The van der Waals surface area contributed by atoms with Gasteiger partial charge >= 0.3 is 0 Å². The molecule has 124 valence electrons. The average Bonchev–Trinajstić information content (AvgIpc) is 3.10. The summed E-state index contributed by atoms with van der Waals surface area (Å²) in [6.45, 7) is 8.21. The summed E-state index contributed by atoms with van der Waals surface area (Å²) < 4.78 is 0. The summed E-state index contributed by atoms with van der Waals surface area (Å²) in [4.78, 5) is 9.64. The van der Waals surface area contributed by atoms with Crippen LogP contribution in [0.3, 0.4) is 0 Å². The standard InChI is InChI=1S/C18H24N4.ClH/c1-2-16-12-15(3-4-18(16)20-6-1)14-21-8-10-22(11-9-21)17-5-7-19-13-17;/h1-4,6,12,17,19H,5,7-11,13-14H2;1H. The third kappa shape index (κ3) is 3.83. The highest BCUT2D eigenvalue weighted by atomic mass is 35.5. The molecule has 2 aliphatic heterocycles. The van der Waals surface area contributed by atoms with Crippen molar-refractivity contribution in [2.45, 2.75) is 19.0 Å². The summed E-state index contributed by atoms with van der Waals surface area (Å²) in [5.41, 5.74) is 2.49. The molecule has 5 heteroatoms. The minimum atomic E-state index is 0. The van der Waals surface area contributed by atoms with Crippen LogP contribution in [0.4, 0.5) is 0 Å². The van der Waals surface area contributed by atoms with E-state index in [1.54, 1.807) is 0 Å². The van der Waals surface area contributed by atoms with Gasteiger partial charge in [0, 0.05) is 56.9 Å². The van der Waals surface area contributed by atoms with Gasteiger partial charge in [-0.2, -0.15) is 0 Å². The molecule has 1 aromatic carbocycles. The number of hydrogen-bond acceptors (Lipinski definition) is 4. The molecule has 0 bridgehead atoms. The summed E-state index contributed by atoms with van der Waals surface area (Å²) in [5.74, 6) is 0. The van der Waals surface area contributed by atoms with E-state index in [1.807, 2.05) is 12.3 Å². The quantitative estimate of drug-likeness (QED) is 0.933. The van der Waals surface area contributed by atoms with Crippen molar-refractivity contribution in [2.24, 2.45) is 0 Å². The van der Waals surface area contributed by atoms with E-state index in [0.717, 1.165) is 18.1 Å². The number of piperazine rings is 1. The van der Waals surface area contributed by atoms with Gasteiger partial charge in [-0.15, -0.1) is 12.4 Å². The first-order chi connectivity index (χ1) is 10.9. The Morgan fingerprint density at radius 2 is 2.00 bits per heavy atom. The lowest BCUT2D eigenvalue weighted by molar-refractivity contribution is 0.0981.